The maximum absolute atomic E-state index is 12.0. The molecular formula is C47H97NO4. The molecule has 0 aromatic carbocycles. The molecule has 1 N–H and O–H groups in total. The van der Waals surface area contributed by atoms with Gasteiger partial charge >= 0.3 is 5.97 Å². The fourth-order valence-electron chi connectivity index (χ4n) is 6.93. The van der Waals surface area contributed by atoms with Gasteiger partial charge in [-0.1, -0.05) is 183 Å². The monoisotopic (exact) mass is 740 g/mol. The molecule has 0 amide bonds. The topological polar surface area (TPSA) is 64.6 Å². The molecule has 0 radical (unpaired) electrons. The van der Waals surface area contributed by atoms with E-state index in [0.717, 1.165) is 69.9 Å². The maximum Gasteiger partial charge on any atom is 0.305 e. The van der Waals surface area contributed by atoms with E-state index < -0.39 is 0 Å². The van der Waals surface area contributed by atoms with Crippen molar-refractivity contribution in [3.63, 3.8) is 0 Å². The Bertz CT molecular complexity index is 609. The average molecular weight is 740 g/mol. The van der Waals surface area contributed by atoms with Gasteiger partial charge in [0.05, 0.1) is 6.61 Å². The molecule has 0 rings (SSSR count). The van der Waals surface area contributed by atoms with Crippen molar-refractivity contribution >= 4 is 12.3 Å². The van der Waals surface area contributed by atoms with E-state index in [9.17, 15) is 9.59 Å². The number of hydrogen-bond donors (Lipinski definition) is 1. The van der Waals surface area contributed by atoms with Crippen molar-refractivity contribution in [1.82, 2.24) is 5.32 Å². The molecule has 0 saturated heterocycles. The number of carbonyl (C=O) groups excluding carboxylic acids is 2. The van der Waals surface area contributed by atoms with Crippen LogP contribution >= 0.6 is 0 Å². The first-order chi connectivity index (χ1) is 25.6. The highest BCUT2D eigenvalue weighted by Crippen LogP contribution is 2.23. The summed E-state index contributed by atoms with van der Waals surface area (Å²) in [5.74, 6) is 1.79. The Balaban J connectivity index is -0.00000111. The molecule has 0 aliphatic carbocycles. The van der Waals surface area contributed by atoms with Crippen LogP contribution in [0.4, 0.5) is 0 Å². The van der Waals surface area contributed by atoms with Crippen LogP contribution in [0.1, 0.15) is 247 Å². The molecule has 0 saturated carbocycles. The highest BCUT2D eigenvalue weighted by molar-refractivity contribution is 5.69. The van der Waals surface area contributed by atoms with Gasteiger partial charge in [-0.3, -0.25) is 4.79 Å². The first kappa shape index (κ1) is 55.4. The summed E-state index contributed by atoms with van der Waals surface area (Å²) in [6, 6.07) is 0. The molecule has 314 valence electrons. The Morgan fingerprint density at radius 1 is 0.500 bits per heavy atom. The van der Waals surface area contributed by atoms with Crippen molar-refractivity contribution in [1.29, 1.82) is 0 Å². The molecule has 0 aromatic rings. The summed E-state index contributed by atoms with van der Waals surface area (Å²) in [6.45, 7) is 16.9. The summed E-state index contributed by atoms with van der Waals surface area (Å²) in [7, 11) is 1.81. The quantitative estimate of drug-likeness (QED) is 0.0385. The minimum Gasteiger partial charge on any atom is -0.466 e. The van der Waals surface area contributed by atoms with Gasteiger partial charge in [0.2, 0.25) is 0 Å². The van der Waals surface area contributed by atoms with E-state index in [1.54, 1.807) is 0 Å². The average Bonchev–Trinajstić information content (AvgIpc) is 3.16. The van der Waals surface area contributed by atoms with Crippen LogP contribution in [0.25, 0.3) is 0 Å². The van der Waals surface area contributed by atoms with E-state index in [0.29, 0.717) is 13.0 Å². The normalized spacial score (nSPS) is 10.9. The number of methoxy groups -OCH3 is 1. The van der Waals surface area contributed by atoms with E-state index in [1.807, 2.05) is 21.0 Å². The van der Waals surface area contributed by atoms with Gasteiger partial charge in [0, 0.05) is 26.6 Å². The van der Waals surface area contributed by atoms with E-state index in [1.165, 1.54) is 167 Å². The van der Waals surface area contributed by atoms with Crippen molar-refractivity contribution < 1.29 is 19.1 Å². The van der Waals surface area contributed by atoms with Crippen LogP contribution in [0.15, 0.2) is 0 Å². The predicted octanol–water partition coefficient (Wildman–Crippen LogP) is 14.8. The van der Waals surface area contributed by atoms with E-state index in [4.69, 9.17) is 9.47 Å². The summed E-state index contributed by atoms with van der Waals surface area (Å²) in [5, 5.41) is 3.53. The van der Waals surface area contributed by atoms with Crippen molar-refractivity contribution in [3.8, 4) is 0 Å². The molecule has 5 nitrogen and oxygen atoms in total. The van der Waals surface area contributed by atoms with Gasteiger partial charge < -0.3 is 19.6 Å². The smallest absolute Gasteiger partial charge is 0.305 e. The molecule has 0 heterocycles. The number of carbonyl (C=O) groups is 2. The lowest BCUT2D eigenvalue weighted by Crippen LogP contribution is -2.16. The number of rotatable bonds is 40. The number of ether oxygens (including phenoxy) is 2. The van der Waals surface area contributed by atoms with Crippen LogP contribution in [0.5, 0.6) is 0 Å². The Morgan fingerprint density at radius 3 is 1.31 bits per heavy atom. The van der Waals surface area contributed by atoms with Gasteiger partial charge in [-0.15, -0.1) is 0 Å². The molecule has 0 aliphatic rings. The van der Waals surface area contributed by atoms with Gasteiger partial charge in [0.1, 0.15) is 6.29 Å². The summed E-state index contributed by atoms with van der Waals surface area (Å²) in [4.78, 5) is 22.2. The lowest BCUT2D eigenvalue weighted by Gasteiger charge is -2.16. The Labute approximate surface area is 328 Å². The Hall–Kier alpha value is -0.940. The van der Waals surface area contributed by atoms with Crippen LogP contribution in [-0.2, 0) is 19.1 Å². The zero-order chi connectivity index (χ0) is 39.0. The molecule has 0 unspecified atom stereocenters. The third-order valence-electron chi connectivity index (χ3n) is 10.3. The minimum atomic E-state index is 0.00124. The van der Waals surface area contributed by atoms with Crippen LogP contribution in [0, 0.1) is 11.8 Å². The molecule has 0 atom stereocenters. The van der Waals surface area contributed by atoms with Gasteiger partial charge in [-0.05, 0) is 76.3 Å². The third kappa shape index (κ3) is 49.1. The highest BCUT2D eigenvalue weighted by atomic mass is 16.5. The number of esters is 1. The number of hydrogen-bond acceptors (Lipinski definition) is 5. The minimum absolute atomic E-state index is 0.00124. The first-order valence-electron chi connectivity index (χ1n) is 23.4. The molecule has 0 bridgehead atoms. The SMILES string of the molecule is CC.CCCCCC(CCCCC)CCCOC.CCCCCC(CCCCC)CCCOC(=O)CCCCCCCNCCCCCCCC=O. The lowest BCUT2D eigenvalue weighted by atomic mass is 9.91. The van der Waals surface area contributed by atoms with Crippen molar-refractivity contribution in [2.75, 3.05) is 33.4 Å². The fourth-order valence-corrected chi connectivity index (χ4v) is 6.93. The molecule has 52 heavy (non-hydrogen) atoms. The Kier molecular flexibility index (Phi) is 55.6. The predicted molar refractivity (Wildman–Crippen MR) is 231 cm³/mol. The zero-order valence-corrected chi connectivity index (χ0v) is 36.8. The standard InChI is InChI=1S/C30H59NO3.C15H32O.C2H6/c1-3-5-14-21-29(22-15-6-4-2)23-20-28-34-30(33)24-16-10-9-12-18-26-31-25-17-11-7-8-13-19-27-32;1-4-6-8-11-15(12-9-7-5-2)13-10-14-16-3;1-2/h27,29,31H,3-26,28H2,1-2H3;15H,4-14H2,1-3H3;1-2H3. The van der Waals surface area contributed by atoms with Gasteiger partial charge in [0.25, 0.3) is 0 Å². The van der Waals surface area contributed by atoms with E-state index >= 15 is 0 Å². The van der Waals surface area contributed by atoms with Crippen molar-refractivity contribution in [2.24, 2.45) is 11.8 Å². The van der Waals surface area contributed by atoms with Gasteiger partial charge in [-0.2, -0.15) is 0 Å². The fraction of sp³-hybridized carbons (Fsp3) is 0.957. The summed E-state index contributed by atoms with van der Waals surface area (Å²) in [5.41, 5.74) is 0. The molecule has 5 heteroatoms. The first-order valence-corrected chi connectivity index (χ1v) is 23.4. The van der Waals surface area contributed by atoms with Crippen LogP contribution in [0.3, 0.4) is 0 Å². The second-order valence-electron chi connectivity index (χ2n) is 15.2. The Morgan fingerprint density at radius 2 is 0.885 bits per heavy atom. The molecule has 0 fully saturated rings. The van der Waals surface area contributed by atoms with E-state index in [2.05, 4.69) is 33.0 Å². The number of nitrogens with one attached hydrogen (secondary N) is 1. The molecular weight excluding hydrogens is 643 g/mol. The third-order valence-corrected chi connectivity index (χ3v) is 10.3. The second-order valence-corrected chi connectivity index (χ2v) is 15.2. The molecule has 0 aliphatic heterocycles. The van der Waals surface area contributed by atoms with Crippen LogP contribution in [-0.4, -0.2) is 45.7 Å². The van der Waals surface area contributed by atoms with E-state index in [-0.39, 0.29) is 5.97 Å². The molecule has 0 aromatic heterocycles. The summed E-state index contributed by atoms with van der Waals surface area (Å²) in [6.07, 6.45) is 40.9. The van der Waals surface area contributed by atoms with Crippen LogP contribution in [0.2, 0.25) is 0 Å². The summed E-state index contributed by atoms with van der Waals surface area (Å²) >= 11 is 0. The lowest BCUT2D eigenvalue weighted by molar-refractivity contribution is -0.144. The van der Waals surface area contributed by atoms with Gasteiger partial charge in [-0.25, -0.2) is 0 Å². The van der Waals surface area contributed by atoms with Crippen molar-refractivity contribution in [3.05, 3.63) is 0 Å². The zero-order valence-electron chi connectivity index (χ0n) is 36.8. The largest absolute Gasteiger partial charge is 0.466 e. The van der Waals surface area contributed by atoms with Gasteiger partial charge in [0.15, 0.2) is 0 Å². The maximum atomic E-state index is 12.0. The second kappa shape index (κ2) is 52.2. The number of aldehydes is 1. The summed E-state index contributed by atoms with van der Waals surface area (Å²) < 4.78 is 10.6. The van der Waals surface area contributed by atoms with Crippen molar-refractivity contribution in [2.45, 2.75) is 247 Å². The number of unbranched alkanes of at least 4 members (excludes halogenated alkanes) is 17. The van der Waals surface area contributed by atoms with Crippen LogP contribution < -0.4 is 5.32 Å². The molecule has 0 spiro atoms. The highest BCUT2D eigenvalue weighted by Gasteiger charge is 2.10.